The van der Waals surface area contributed by atoms with Crippen LogP contribution in [0.4, 0.5) is 5.69 Å². The molecule has 5 heteroatoms. The van der Waals surface area contributed by atoms with Crippen LogP contribution in [0.15, 0.2) is 36.8 Å². The van der Waals surface area contributed by atoms with Crippen molar-refractivity contribution in [2.24, 2.45) is 0 Å². The van der Waals surface area contributed by atoms with Crippen molar-refractivity contribution in [3.05, 3.63) is 48.0 Å². The maximum atomic E-state index is 11.2. The first-order chi connectivity index (χ1) is 8.29. The second kappa shape index (κ2) is 5.16. The number of hydrogen-bond donors (Lipinski definition) is 2. The molecule has 2 rings (SSSR count). The first kappa shape index (κ1) is 11.2. The van der Waals surface area contributed by atoms with Crippen molar-refractivity contribution in [3.8, 4) is 0 Å². The quantitative estimate of drug-likeness (QED) is 0.787. The lowest BCUT2D eigenvalue weighted by Gasteiger charge is -2.05. The number of imidazole rings is 1. The Hall–Kier alpha value is -2.30. The van der Waals surface area contributed by atoms with Crippen molar-refractivity contribution < 1.29 is 9.53 Å². The molecule has 0 aliphatic rings. The molecule has 0 saturated carbocycles. The highest BCUT2D eigenvalue weighted by Crippen LogP contribution is 2.11. The van der Waals surface area contributed by atoms with Gasteiger partial charge < -0.3 is 15.0 Å². The van der Waals surface area contributed by atoms with Crippen molar-refractivity contribution in [2.75, 3.05) is 12.4 Å². The van der Waals surface area contributed by atoms with Crippen LogP contribution < -0.4 is 5.32 Å². The van der Waals surface area contributed by atoms with E-state index in [1.165, 1.54) is 7.11 Å². The van der Waals surface area contributed by atoms with Gasteiger partial charge in [-0.05, 0) is 24.3 Å². The molecule has 0 unspecified atom stereocenters. The van der Waals surface area contributed by atoms with E-state index >= 15 is 0 Å². The van der Waals surface area contributed by atoms with E-state index in [1.54, 1.807) is 24.7 Å². The molecule has 17 heavy (non-hydrogen) atoms. The fourth-order valence-electron chi connectivity index (χ4n) is 1.42. The number of carbonyl (C=O) groups is 1. The number of aromatic nitrogens is 2. The van der Waals surface area contributed by atoms with E-state index in [-0.39, 0.29) is 5.97 Å². The van der Waals surface area contributed by atoms with Gasteiger partial charge in [0.25, 0.3) is 0 Å². The normalized spacial score (nSPS) is 9.94. The van der Waals surface area contributed by atoms with Crippen LogP contribution in [0.2, 0.25) is 0 Å². The van der Waals surface area contributed by atoms with Gasteiger partial charge in [0.05, 0.1) is 31.2 Å². The predicted octanol–water partition coefficient (Wildman–Crippen LogP) is 1.81. The Balaban J connectivity index is 1.96. The minimum Gasteiger partial charge on any atom is -0.465 e. The predicted molar refractivity (Wildman–Crippen MR) is 63.7 cm³/mol. The van der Waals surface area contributed by atoms with E-state index in [9.17, 15) is 4.79 Å². The number of aromatic amines is 1. The Morgan fingerprint density at radius 2 is 2.18 bits per heavy atom. The van der Waals surface area contributed by atoms with Crippen LogP contribution in [-0.4, -0.2) is 23.0 Å². The van der Waals surface area contributed by atoms with Crippen LogP contribution in [0, 0.1) is 0 Å². The summed E-state index contributed by atoms with van der Waals surface area (Å²) < 4.78 is 4.62. The third-order valence-corrected chi connectivity index (χ3v) is 2.34. The fourth-order valence-corrected chi connectivity index (χ4v) is 1.42. The summed E-state index contributed by atoms with van der Waals surface area (Å²) in [6, 6.07) is 7.12. The SMILES string of the molecule is COC(=O)c1ccc(NCc2cnc[nH]2)cc1. The van der Waals surface area contributed by atoms with Crippen molar-refractivity contribution in [1.82, 2.24) is 9.97 Å². The summed E-state index contributed by atoms with van der Waals surface area (Å²) in [6.45, 7) is 0.664. The lowest BCUT2D eigenvalue weighted by molar-refractivity contribution is 0.0601. The van der Waals surface area contributed by atoms with E-state index in [4.69, 9.17) is 0 Å². The zero-order valence-corrected chi connectivity index (χ0v) is 9.43. The Kier molecular flexibility index (Phi) is 3.40. The van der Waals surface area contributed by atoms with Crippen LogP contribution in [0.25, 0.3) is 0 Å². The van der Waals surface area contributed by atoms with Crippen molar-refractivity contribution in [2.45, 2.75) is 6.54 Å². The van der Waals surface area contributed by atoms with Crippen LogP contribution in [-0.2, 0) is 11.3 Å². The maximum absolute atomic E-state index is 11.2. The maximum Gasteiger partial charge on any atom is 0.337 e. The largest absolute Gasteiger partial charge is 0.465 e. The lowest BCUT2D eigenvalue weighted by atomic mass is 10.2. The van der Waals surface area contributed by atoms with Gasteiger partial charge in [0.1, 0.15) is 0 Å². The number of esters is 1. The summed E-state index contributed by atoms with van der Waals surface area (Å²) in [6.07, 6.45) is 3.40. The van der Waals surface area contributed by atoms with Crippen LogP contribution in [0.3, 0.4) is 0 Å². The molecule has 0 saturated heterocycles. The standard InChI is InChI=1S/C12H13N3O2/c1-17-12(16)9-2-4-10(5-3-9)14-7-11-6-13-8-15-11/h2-6,8,14H,7H2,1H3,(H,13,15). The highest BCUT2D eigenvalue weighted by molar-refractivity contribution is 5.89. The van der Waals surface area contributed by atoms with Crippen molar-refractivity contribution >= 4 is 11.7 Å². The number of nitrogens with zero attached hydrogens (tertiary/aromatic N) is 1. The molecule has 0 aliphatic carbocycles. The van der Waals surface area contributed by atoms with Gasteiger partial charge in [-0.1, -0.05) is 0 Å². The first-order valence-corrected chi connectivity index (χ1v) is 5.19. The van der Waals surface area contributed by atoms with E-state index in [0.717, 1.165) is 11.4 Å². The van der Waals surface area contributed by atoms with Gasteiger partial charge >= 0.3 is 5.97 Å². The summed E-state index contributed by atoms with van der Waals surface area (Å²) in [5, 5.41) is 3.21. The lowest BCUT2D eigenvalue weighted by Crippen LogP contribution is -2.02. The van der Waals surface area contributed by atoms with Gasteiger partial charge in [0.2, 0.25) is 0 Å². The smallest absolute Gasteiger partial charge is 0.337 e. The van der Waals surface area contributed by atoms with Crippen LogP contribution >= 0.6 is 0 Å². The Morgan fingerprint density at radius 1 is 1.41 bits per heavy atom. The molecule has 0 spiro atoms. The number of benzene rings is 1. The summed E-state index contributed by atoms with van der Waals surface area (Å²) in [7, 11) is 1.37. The zero-order chi connectivity index (χ0) is 12.1. The summed E-state index contributed by atoms with van der Waals surface area (Å²) >= 11 is 0. The molecular weight excluding hydrogens is 218 g/mol. The average molecular weight is 231 g/mol. The third-order valence-electron chi connectivity index (χ3n) is 2.34. The minimum atomic E-state index is -0.329. The second-order valence-corrected chi connectivity index (χ2v) is 3.50. The number of rotatable bonds is 4. The number of H-pyrrole nitrogens is 1. The molecule has 0 radical (unpaired) electrons. The molecule has 88 valence electrons. The van der Waals surface area contributed by atoms with Crippen molar-refractivity contribution in [3.63, 3.8) is 0 Å². The van der Waals surface area contributed by atoms with Gasteiger partial charge in [0, 0.05) is 11.9 Å². The number of nitrogens with one attached hydrogen (secondary N) is 2. The van der Waals surface area contributed by atoms with Crippen molar-refractivity contribution in [1.29, 1.82) is 0 Å². The number of anilines is 1. The van der Waals surface area contributed by atoms with E-state index in [1.807, 2.05) is 12.1 Å². The summed E-state index contributed by atoms with van der Waals surface area (Å²) in [5.41, 5.74) is 2.48. The molecule has 2 aromatic rings. The Labute approximate surface area is 98.8 Å². The molecule has 0 amide bonds. The topological polar surface area (TPSA) is 67.0 Å². The van der Waals surface area contributed by atoms with Gasteiger partial charge in [-0.3, -0.25) is 0 Å². The summed E-state index contributed by atoms with van der Waals surface area (Å²) in [5.74, 6) is -0.329. The highest BCUT2D eigenvalue weighted by atomic mass is 16.5. The van der Waals surface area contributed by atoms with Gasteiger partial charge in [0.15, 0.2) is 0 Å². The highest BCUT2D eigenvalue weighted by Gasteiger charge is 2.03. The van der Waals surface area contributed by atoms with Crippen LogP contribution in [0.1, 0.15) is 16.1 Å². The van der Waals surface area contributed by atoms with Gasteiger partial charge in [-0.15, -0.1) is 0 Å². The van der Waals surface area contributed by atoms with E-state index in [0.29, 0.717) is 12.1 Å². The molecule has 5 nitrogen and oxygen atoms in total. The second-order valence-electron chi connectivity index (χ2n) is 3.50. The average Bonchev–Trinajstić information content (AvgIpc) is 2.89. The van der Waals surface area contributed by atoms with Crippen LogP contribution in [0.5, 0.6) is 0 Å². The Bertz CT molecular complexity index is 477. The molecule has 2 N–H and O–H groups in total. The first-order valence-electron chi connectivity index (χ1n) is 5.19. The molecule has 0 aliphatic heterocycles. The van der Waals surface area contributed by atoms with Gasteiger partial charge in [-0.2, -0.15) is 0 Å². The summed E-state index contributed by atoms with van der Waals surface area (Å²) in [4.78, 5) is 18.1. The molecule has 0 fully saturated rings. The number of hydrogen-bond acceptors (Lipinski definition) is 4. The molecule has 0 bridgehead atoms. The minimum absolute atomic E-state index is 0.329. The molecular formula is C12H13N3O2. The Morgan fingerprint density at radius 3 is 2.76 bits per heavy atom. The van der Waals surface area contributed by atoms with Gasteiger partial charge in [-0.25, -0.2) is 9.78 Å². The van der Waals surface area contributed by atoms with E-state index in [2.05, 4.69) is 20.0 Å². The monoisotopic (exact) mass is 231 g/mol. The number of ether oxygens (including phenoxy) is 1. The number of carbonyl (C=O) groups excluding carboxylic acids is 1. The molecule has 0 atom stereocenters. The third kappa shape index (κ3) is 2.84. The molecule has 1 aromatic carbocycles. The molecule has 1 aromatic heterocycles. The molecule has 1 heterocycles. The number of methoxy groups -OCH3 is 1. The van der Waals surface area contributed by atoms with E-state index < -0.39 is 0 Å². The fraction of sp³-hybridized carbons (Fsp3) is 0.167. The zero-order valence-electron chi connectivity index (χ0n) is 9.43.